The summed E-state index contributed by atoms with van der Waals surface area (Å²) < 4.78 is 11.4. The number of amides is 1. The Kier molecular flexibility index (Phi) is 4.79. The molecule has 0 saturated carbocycles. The lowest BCUT2D eigenvalue weighted by atomic mass is 9.95. The van der Waals surface area contributed by atoms with Crippen molar-refractivity contribution in [2.75, 3.05) is 12.0 Å². The average molecular weight is 446 g/mol. The molecule has 2 aromatic heterocycles. The Balaban J connectivity index is 1.67. The van der Waals surface area contributed by atoms with E-state index in [2.05, 4.69) is 4.98 Å². The van der Waals surface area contributed by atoms with Gasteiger partial charge >= 0.3 is 0 Å². The van der Waals surface area contributed by atoms with Gasteiger partial charge in [0.25, 0.3) is 5.91 Å². The third-order valence-electron chi connectivity index (χ3n) is 5.37. The fourth-order valence-electron chi connectivity index (χ4n) is 3.80. The molecule has 0 radical (unpaired) electrons. The number of thiazole rings is 1. The molecule has 3 heterocycles. The first kappa shape index (κ1) is 20.0. The molecule has 32 heavy (non-hydrogen) atoms. The molecule has 0 spiro atoms. The van der Waals surface area contributed by atoms with Crippen molar-refractivity contribution in [3.05, 3.63) is 89.1 Å². The maximum Gasteiger partial charge on any atom is 0.296 e. The zero-order valence-corrected chi connectivity index (χ0v) is 18.1. The molecule has 1 amide bonds. The van der Waals surface area contributed by atoms with Crippen molar-refractivity contribution < 1.29 is 23.8 Å². The molecule has 1 aliphatic heterocycles. The molecule has 5 rings (SSSR count). The number of nitrogens with zero attached hydrogens (tertiary/aromatic N) is 2. The van der Waals surface area contributed by atoms with Gasteiger partial charge in [0.2, 0.25) is 5.78 Å². The average Bonchev–Trinajstić information content (AvgIpc) is 3.52. The summed E-state index contributed by atoms with van der Waals surface area (Å²) >= 11 is 1.33. The lowest BCUT2D eigenvalue weighted by molar-refractivity contribution is -0.117. The second-order valence-corrected chi connectivity index (χ2v) is 8.40. The molecule has 0 fully saturated rings. The Labute approximate surface area is 187 Å². The molecule has 0 saturated heterocycles. The molecule has 0 aliphatic carbocycles. The van der Waals surface area contributed by atoms with Crippen LogP contribution in [0.5, 0.6) is 5.75 Å². The van der Waals surface area contributed by atoms with Crippen LogP contribution in [-0.2, 0) is 4.79 Å². The van der Waals surface area contributed by atoms with Crippen LogP contribution in [0, 0.1) is 6.92 Å². The number of carbonyl (C=O) groups is 2. The fourth-order valence-corrected chi connectivity index (χ4v) is 4.89. The first-order valence-electron chi connectivity index (χ1n) is 9.84. The number of ether oxygens (including phenoxy) is 1. The molecule has 7 nitrogen and oxygen atoms in total. The lowest BCUT2D eigenvalue weighted by Gasteiger charge is -2.24. The normalized spacial score (nSPS) is 16.2. The summed E-state index contributed by atoms with van der Waals surface area (Å²) in [5.74, 6) is -1.17. The molecule has 0 bridgehead atoms. The van der Waals surface area contributed by atoms with Crippen molar-refractivity contribution in [3.63, 3.8) is 0 Å². The predicted octanol–water partition coefficient (Wildman–Crippen LogP) is 4.99. The number of Topliss-reactive ketones (excluding diaryl/α,β-unsaturated/α-hetero) is 1. The number of methoxy groups -OCH3 is 1. The highest BCUT2D eigenvalue weighted by atomic mass is 32.1. The van der Waals surface area contributed by atoms with Crippen molar-refractivity contribution >= 4 is 38.4 Å². The minimum atomic E-state index is -0.868. The topological polar surface area (TPSA) is 92.9 Å². The van der Waals surface area contributed by atoms with Crippen LogP contribution in [0.15, 0.2) is 76.6 Å². The fraction of sp³-hybridized carbons (Fsp3) is 0.125. The number of furan rings is 1. The minimum absolute atomic E-state index is 0.0413. The molecule has 1 atom stereocenters. The van der Waals surface area contributed by atoms with Crippen LogP contribution in [0.4, 0.5) is 5.13 Å². The molecule has 4 aromatic rings. The number of carbonyl (C=O) groups excluding carboxylic acids is 2. The highest BCUT2D eigenvalue weighted by molar-refractivity contribution is 7.22. The van der Waals surface area contributed by atoms with Crippen LogP contribution >= 0.6 is 11.3 Å². The summed E-state index contributed by atoms with van der Waals surface area (Å²) in [6.07, 6.45) is 1.37. The molecule has 8 heteroatoms. The summed E-state index contributed by atoms with van der Waals surface area (Å²) in [4.78, 5) is 32.4. The summed E-state index contributed by atoms with van der Waals surface area (Å²) in [5, 5.41) is 11.2. The number of aryl methyl sites for hydroxylation is 1. The zero-order valence-electron chi connectivity index (χ0n) is 17.2. The summed E-state index contributed by atoms with van der Waals surface area (Å²) in [6, 6.07) is 15.0. The second kappa shape index (κ2) is 7.65. The number of ketones is 1. The number of benzene rings is 2. The van der Waals surface area contributed by atoms with E-state index in [1.165, 1.54) is 28.6 Å². The number of hydrogen-bond acceptors (Lipinski definition) is 7. The highest BCUT2D eigenvalue weighted by Crippen LogP contribution is 2.44. The number of aliphatic hydroxyl groups is 1. The SMILES string of the molecule is COc1ccc(C2C(C(=O)c3ccco3)=C(O)C(=O)N2c2nc3ccc(C)cc3s2)cc1. The molecular weight excluding hydrogens is 428 g/mol. The number of aliphatic hydroxyl groups excluding tert-OH is 1. The molecule has 1 unspecified atom stereocenters. The Hall–Kier alpha value is -3.91. The number of hydrogen-bond donors (Lipinski definition) is 1. The van der Waals surface area contributed by atoms with Crippen molar-refractivity contribution in [2.24, 2.45) is 0 Å². The summed E-state index contributed by atoms with van der Waals surface area (Å²) in [6.45, 7) is 1.98. The Bertz CT molecular complexity index is 1370. The monoisotopic (exact) mass is 446 g/mol. The van der Waals surface area contributed by atoms with Gasteiger partial charge in [-0.05, 0) is 54.4 Å². The van der Waals surface area contributed by atoms with Gasteiger partial charge < -0.3 is 14.3 Å². The molecular formula is C24H18N2O5S. The van der Waals surface area contributed by atoms with E-state index in [1.54, 1.807) is 37.4 Å². The second-order valence-electron chi connectivity index (χ2n) is 7.39. The first-order chi connectivity index (χ1) is 15.5. The third-order valence-corrected chi connectivity index (χ3v) is 6.39. The van der Waals surface area contributed by atoms with Gasteiger partial charge in [-0.15, -0.1) is 0 Å². The number of anilines is 1. The van der Waals surface area contributed by atoms with E-state index in [0.29, 0.717) is 16.4 Å². The third kappa shape index (κ3) is 3.16. The van der Waals surface area contributed by atoms with Gasteiger partial charge in [-0.25, -0.2) is 4.98 Å². The van der Waals surface area contributed by atoms with E-state index >= 15 is 0 Å². The minimum Gasteiger partial charge on any atom is -0.503 e. The molecule has 2 aromatic carbocycles. The van der Waals surface area contributed by atoms with E-state index in [9.17, 15) is 14.7 Å². The van der Waals surface area contributed by atoms with E-state index in [1.807, 2.05) is 25.1 Å². The molecule has 1 aliphatic rings. The largest absolute Gasteiger partial charge is 0.503 e. The summed E-state index contributed by atoms with van der Waals surface area (Å²) in [7, 11) is 1.56. The van der Waals surface area contributed by atoms with Crippen molar-refractivity contribution in [1.29, 1.82) is 0 Å². The van der Waals surface area contributed by atoms with E-state index in [4.69, 9.17) is 9.15 Å². The quantitative estimate of drug-likeness (QED) is 0.434. The van der Waals surface area contributed by atoms with Crippen molar-refractivity contribution in [1.82, 2.24) is 4.98 Å². The van der Waals surface area contributed by atoms with Crippen molar-refractivity contribution in [3.8, 4) is 5.75 Å². The number of fused-ring (bicyclic) bond motifs is 1. The van der Waals surface area contributed by atoms with Crippen LogP contribution in [0.3, 0.4) is 0 Å². The number of aromatic nitrogens is 1. The van der Waals surface area contributed by atoms with Crippen LogP contribution in [0.25, 0.3) is 10.2 Å². The van der Waals surface area contributed by atoms with Gasteiger partial charge in [-0.2, -0.15) is 0 Å². The van der Waals surface area contributed by atoms with Crippen LogP contribution in [0.2, 0.25) is 0 Å². The van der Waals surface area contributed by atoms with Gasteiger partial charge in [0.1, 0.15) is 5.75 Å². The van der Waals surface area contributed by atoms with Crippen molar-refractivity contribution in [2.45, 2.75) is 13.0 Å². The maximum absolute atomic E-state index is 13.2. The maximum atomic E-state index is 13.2. The first-order valence-corrected chi connectivity index (χ1v) is 10.7. The van der Waals surface area contributed by atoms with Gasteiger partial charge in [0, 0.05) is 0 Å². The van der Waals surface area contributed by atoms with Crippen LogP contribution in [0.1, 0.15) is 27.7 Å². The lowest BCUT2D eigenvalue weighted by Crippen LogP contribution is -2.30. The van der Waals surface area contributed by atoms with Crippen LogP contribution < -0.4 is 9.64 Å². The standard InChI is InChI=1S/C24H18N2O5S/c1-13-5-10-16-18(12-13)32-24(25-16)26-20(14-6-8-15(30-2)9-7-14)19(22(28)23(26)29)21(27)17-4-3-11-31-17/h3-12,20,28H,1-2H3. The Morgan fingerprint density at radius 3 is 2.66 bits per heavy atom. The Morgan fingerprint density at radius 1 is 1.19 bits per heavy atom. The van der Waals surface area contributed by atoms with Gasteiger partial charge in [0.15, 0.2) is 16.7 Å². The number of rotatable bonds is 5. The predicted molar refractivity (Wildman–Crippen MR) is 120 cm³/mol. The molecule has 1 N–H and O–H groups in total. The smallest absolute Gasteiger partial charge is 0.296 e. The van der Waals surface area contributed by atoms with E-state index in [0.717, 1.165) is 15.8 Å². The van der Waals surface area contributed by atoms with Gasteiger partial charge in [0.05, 0.1) is 35.2 Å². The highest BCUT2D eigenvalue weighted by Gasteiger charge is 2.46. The van der Waals surface area contributed by atoms with E-state index in [-0.39, 0.29) is 11.3 Å². The zero-order chi connectivity index (χ0) is 22.4. The summed E-state index contributed by atoms with van der Waals surface area (Å²) in [5.41, 5.74) is 2.39. The Morgan fingerprint density at radius 2 is 1.97 bits per heavy atom. The van der Waals surface area contributed by atoms with Crippen LogP contribution in [-0.4, -0.2) is 28.9 Å². The van der Waals surface area contributed by atoms with Gasteiger partial charge in [-0.1, -0.05) is 29.5 Å². The van der Waals surface area contributed by atoms with E-state index < -0.39 is 23.5 Å². The van der Waals surface area contributed by atoms with Gasteiger partial charge in [-0.3, -0.25) is 14.5 Å². The molecule has 160 valence electrons.